The maximum absolute atomic E-state index is 12.9. The van der Waals surface area contributed by atoms with Gasteiger partial charge in [0.25, 0.3) is 0 Å². The first-order chi connectivity index (χ1) is 14.7. The molecule has 0 unspecified atom stereocenters. The summed E-state index contributed by atoms with van der Waals surface area (Å²) in [6, 6.07) is 19.7. The molecular weight excluding hydrogens is 397 g/mol. The van der Waals surface area contributed by atoms with Gasteiger partial charge in [-0.15, -0.1) is 0 Å². The molecule has 0 N–H and O–H groups in total. The van der Waals surface area contributed by atoms with E-state index in [-0.39, 0.29) is 5.41 Å². The number of hydrogen-bond donors (Lipinski definition) is 0. The lowest BCUT2D eigenvalue weighted by molar-refractivity contribution is -0.137. The van der Waals surface area contributed by atoms with E-state index in [2.05, 4.69) is 38.1 Å². The van der Waals surface area contributed by atoms with E-state index >= 15 is 0 Å². The summed E-state index contributed by atoms with van der Waals surface area (Å²) in [6.07, 6.45) is -2.39. The zero-order chi connectivity index (χ0) is 22.6. The van der Waals surface area contributed by atoms with E-state index in [1.807, 2.05) is 32.0 Å². The number of hydrogen-bond acceptors (Lipinski definition) is 1. The molecule has 0 aliphatic carbocycles. The minimum Gasteiger partial charge on any atom is -0.493 e. The molecule has 0 bridgehead atoms. The molecule has 4 heteroatoms. The van der Waals surface area contributed by atoms with Gasteiger partial charge in [0.05, 0.1) is 12.2 Å². The van der Waals surface area contributed by atoms with Gasteiger partial charge in [0.1, 0.15) is 5.75 Å². The highest BCUT2D eigenvalue weighted by atomic mass is 19.4. The van der Waals surface area contributed by atoms with Crippen molar-refractivity contribution in [1.29, 1.82) is 0 Å². The molecule has 0 fully saturated rings. The van der Waals surface area contributed by atoms with Crippen LogP contribution < -0.4 is 4.74 Å². The van der Waals surface area contributed by atoms with Crippen molar-refractivity contribution in [3.8, 4) is 16.9 Å². The van der Waals surface area contributed by atoms with Crippen molar-refractivity contribution in [3.63, 3.8) is 0 Å². The molecule has 0 heterocycles. The van der Waals surface area contributed by atoms with Gasteiger partial charge in [-0.1, -0.05) is 56.3 Å². The second-order valence-corrected chi connectivity index (χ2v) is 8.15. The van der Waals surface area contributed by atoms with Crippen LogP contribution in [0.2, 0.25) is 0 Å². The Morgan fingerprint density at radius 2 is 1.29 bits per heavy atom. The Morgan fingerprint density at radius 3 is 1.77 bits per heavy atom. The normalized spacial score (nSPS) is 12.1. The lowest BCUT2D eigenvalue weighted by Gasteiger charge is -2.32. The highest BCUT2D eigenvalue weighted by Gasteiger charge is 2.31. The Morgan fingerprint density at radius 1 is 0.742 bits per heavy atom. The molecule has 31 heavy (non-hydrogen) atoms. The third-order valence-electron chi connectivity index (χ3n) is 6.26. The average molecular weight is 427 g/mol. The van der Waals surface area contributed by atoms with Crippen LogP contribution in [0.25, 0.3) is 11.1 Å². The Balaban J connectivity index is 1.85. The fraction of sp³-hybridized carbons (Fsp3) is 0.333. The summed E-state index contributed by atoms with van der Waals surface area (Å²) in [5.41, 5.74) is 4.25. The second-order valence-electron chi connectivity index (χ2n) is 8.15. The van der Waals surface area contributed by atoms with Gasteiger partial charge in [-0.05, 0) is 78.8 Å². The minimum atomic E-state index is -4.33. The average Bonchev–Trinajstić information content (AvgIpc) is 2.75. The van der Waals surface area contributed by atoms with Crippen molar-refractivity contribution in [1.82, 2.24) is 0 Å². The van der Waals surface area contributed by atoms with Crippen LogP contribution in [0.1, 0.15) is 48.9 Å². The Kier molecular flexibility index (Phi) is 6.78. The number of rotatable bonds is 7. The summed E-state index contributed by atoms with van der Waals surface area (Å²) < 4.78 is 44.9. The van der Waals surface area contributed by atoms with Crippen molar-refractivity contribution in [3.05, 3.63) is 89.0 Å². The zero-order valence-corrected chi connectivity index (χ0v) is 18.5. The third kappa shape index (κ3) is 4.95. The fourth-order valence-corrected chi connectivity index (χ4v) is 4.25. The summed E-state index contributed by atoms with van der Waals surface area (Å²) in [5.74, 6) is 0.785. The molecule has 3 aromatic carbocycles. The SMILES string of the molecule is CCC(CC)(COc1cc(C)c(-c2ccc(C(F)(F)F)cc2)c(C)c1)c1ccccc1. The fourth-order valence-electron chi connectivity index (χ4n) is 4.25. The summed E-state index contributed by atoms with van der Waals surface area (Å²) in [6.45, 7) is 8.88. The molecule has 0 atom stereocenters. The molecular formula is C27H29F3O. The second kappa shape index (κ2) is 9.17. The van der Waals surface area contributed by atoms with Gasteiger partial charge in [-0.2, -0.15) is 13.2 Å². The smallest absolute Gasteiger partial charge is 0.416 e. The van der Waals surface area contributed by atoms with Gasteiger partial charge in [-0.25, -0.2) is 0 Å². The first-order valence-electron chi connectivity index (χ1n) is 10.7. The lowest BCUT2D eigenvalue weighted by atomic mass is 9.76. The number of aryl methyl sites for hydroxylation is 2. The Labute approximate surface area is 182 Å². The van der Waals surface area contributed by atoms with E-state index in [4.69, 9.17) is 4.74 Å². The molecule has 0 aromatic heterocycles. The van der Waals surface area contributed by atoms with Crippen LogP contribution in [0, 0.1) is 13.8 Å². The van der Waals surface area contributed by atoms with Gasteiger partial charge in [0.2, 0.25) is 0 Å². The molecule has 0 saturated heterocycles. The monoisotopic (exact) mass is 426 g/mol. The van der Waals surface area contributed by atoms with Crippen molar-refractivity contribution in [2.75, 3.05) is 6.61 Å². The largest absolute Gasteiger partial charge is 0.493 e. The quantitative estimate of drug-likeness (QED) is 0.371. The van der Waals surface area contributed by atoms with E-state index in [1.54, 1.807) is 0 Å². The Bertz CT molecular complexity index is 978. The minimum absolute atomic E-state index is 0.0604. The molecule has 164 valence electrons. The zero-order valence-electron chi connectivity index (χ0n) is 18.5. The standard InChI is InChI=1S/C27H29F3O/c1-5-26(6-2,22-10-8-7-9-11-22)18-31-24-16-19(3)25(20(4)17-24)21-12-14-23(15-13-21)27(28,29)30/h7-17H,5-6,18H2,1-4H3. The molecule has 0 spiro atoms. The number of ether oxygens (including phenoxy) is 1. The van der Waals surface area contributed by atoms with Crippen LogP contribution in [-0.2, 0) is 11.6 Å². The third-order valence-corrected chi connectivity index (χ3v) is 6.26. The summed E-state index contributed by atoms with van der Waals surface area (Å²) in [7, 11) is 0. The highest BCUT2D eigenvalue weighted by molar-refractivity contribution is 5.72. The number of alkyl halides is 3. The molecule has 0 amide bonds. The molecule has 1 nitrogen and oxygen atoms in total. The van der Waals surface area contributed by atoms with Crippen LogP contribution in [-0.4, -0.2) is 6.61 Å². The number of halogens is 3. The van der Waals surface area contributed by atoms with Crippen LogP contribution >= 0.6 is 0 Å². The van der Waals surface area contributed by atoms with Gasteiger partial charge in [-0.3, -0.25) is 0 Å². The van der Waals surface area contributed by atoms with Gasteiger partial charge in [0, 0.05) is 5.41 Å². The molecule has 0 radical (unpaired) electrons. The van der Waals surface area contributed by atoms with Gasteiger partial charge < -0.3 is 4.74 Å². The van der Waals surface area contributed by atoms with Gasteiger partial charge >= 0.3 is 6.18 Å². The topological polar surface area (TPSA) is 9.23 Å². The molecule has 0 saturated carbocycles. The van der Waals surface area contributed by atoms with E-state index in [9.17, 15) is 13.2 Å². The van der Waals surface area contributed by atoms with Gasteiger partial charge in [0.15, 0.2) is 0 Å². The molecule has 3 aromatic rings. The molecule has 0 aliphatic rings. The first-order valence-corrected chi connectivity index (χ1v) is 10.7. The lowest BCUT2D eigenvalue weighted by Crippen LogP contribution is -2.32. The summed E-state index contributed by atoms with van der Waals surface area (Å²) in [5, 5.41) is 0. The number of benzene rings is 3. The highest BCUT2D eigenvalue weighted by Crippen LogP contribution is 2.36. The van der Waals surface area contributed by atoms with Crippen LogP contribution in [0.15, 0.2) is 66.7 Å². The predicted octanol–water partition coefficient (Wildman–Crippen LogP) is 8.13. The summed E-state index contributed by atoms with van der Waals surface area (Å²) in [4.78, 5) is 0. The van der Waals surface area contributed by atoms with Crippen LogP contribution in [0.3, 0.4) is 0 Å². The molecule has 3 rings (SSSR count). The first kappa shape index (κ1) is 22.9. The van der Waals surface area contributed by atoms with E-state index in [0.717, 1.165) is 53.0 Å². The van der Waals surface area contributed by atoms with E-state index < -0.39 is 11.7 Å². The Hall–Kier alpha value is -2.75. The predicted molar refractivity (Wildman–Crippen MR) is 121 cm³/mol. The maximum Gasteiger partial charge on any atom is 0.416 e. The van der Waals surface area contributed by atoms with Crippen molar-refractivity contribution >= 4 is 0 Å². The maximum atomic E-state index is 12.9. The van der Waals surface area contributed by atoms with Crippen LogP contribution in [0.5, 0.6) is 5.75 Å². The van der Waals surface area contributed by atoms with E-state index in [1.165, 1.54) is 17.7 Å². The van der Waals surface area contributed by atoms with Crippen LogP contribution in [0.4, 0.5) is 13.2 Å². The van der Waals surface area contributed by atoms with Crippen molar-refractivity contribution in [2.24, 2.45) is 0 Å². The van der Waals surface area contributed by atoms with Crippen molar-refractivity contribution < 1.29 is 17.9 Å². The van der Waals surface area contributed by atoms with E-state index in [0.29, 0.717) is 6.61 Å². The van der Waals surface area contributed by atoms with Crippen molar-refractivity contribution in [2.45, 2.75) is 52.1 Å². The summed E-state index contributed by atoms with van der Waals surface area (Å²) >= 11 is 0. The molecule has 0 aliphatic heterocycles.